The molecule has 2 rings (SSSR count). The monoisotopic (exact) mass is 147 g/mol. The van der Waals surface area contributed by atoms with Gasteiger partial charge in [0.1, 0.15) is 0 Å². The highest BCUT2D eigenvalue weighted by Gasteiger charge is 2.11. The minimum Gasteiger partial charge on any atom is -0.384 e. The molecule has 0 bridgehead atoms. The highest BCUT2D eigenvalue weighted by molar-refractivity contribution is 5.61. The van der Waals surface area contributed by atoms with Crippen LogP contribution in [0.4, 0.5) is 5.69 Å². The van der Waals surface area contributed by atoms with E-state index in [1.165, 1.54) is 23.2 Å². The maximum absolute atomic E-state index is 3.42. The van der Waals surface area contributed by atoms with E-state index in [2.05, 4.69) is 30.4 Å². The summed E-state index contributed by atoms with van der Waals surface area (Å²) in [6.45, 7) is 3.32. The summed E-state index contributed by atoms with van der Waals surface area (Å²) in [5.41, 5.74) is 4.35. The number of hydrogen-bond acceptors (Lipinski definition) is 1. The summed E-state index contributed by atoms with van der Waals surface area (Å²) in [6.07, 6.45) is 2.33. The second kappa shape index (κ2) is 2.57. The Morgan fingerprint density at radius 2 is 2.36 bits per heavy atom. The zero-order chi connectivity index (χ0) is 7.68. The van der Waals surface area contributed by atoms with Gasteiger partial charge in [0.15, 0.2) is 0 Å². The average Bonchev–Trinajstić information content (AvgIpc) is 2.50. The lowest BCUT2D eigenvalue weighted by Crippen LogP contribution is -1.94. The second-order valence-corrected chi connectivity index (χ2v) is 2.98. The van der Waals surface area contributed by atoms with Gasteiger partial charge in [-0.3, -0.25) is 0 Å². The third-order valence-corrected chi connectivity index (χ3v) is 2.31. The van der Waals surface area contributed by atoms with Gasteiger partial charge in [-0.25, -0.2) is 0 Å². The first kappa shape index (κ1) is 6.71. The first-order valence-electron chi connectivity index (χ1n) is 4.26. The molecule has 0 saturated heterocycles. The van der Waals surface area contributed by atoms with Crippen LogP contribution in [0, 0.1) is 0 Å². The average molecular weight is 147 g/mol. The van der Waals surface area contributed by atoms with Gasteiger partial charge in [-0.05, 0) is 24.0 Å². The Bertz CT molecular complexity index is 266. The molecular formula is C10H13N. The number of benzene rings is 1. The van der Waals surface area contributed by atoms with Crippen molar-refractivity contribution in [2.45, 2.75) is 19.8 Å². The Kier molecular flexibility index (Phi) is 1.57. The van der Waals surface area contributed by atoms with Gasteiger partial charge >= 0.3 is 0 Å². The molecule has 1 aromatic carbocycles. The van der Waals surface area contributed by atoms with E-state index in [0.717, 1.165) is 13.0 Å². The SMILES string of the molecule is CCc1cccc2c1NCC2. The molecule has 1 nitrogen and oxygen atoms in total. The lowest BCUT2D eigenvalue weighted by atomic mass is 10.1. The van der Waals surface area contributed by atoms with Crippen LogP contribution < -0.4 is 5.32 Å². The van der Waals surface area contributed by atoms with Gasteiger partial charge in [-0.2, -0.15) is 0 Å². The number of rotatable bonds is 1. The van der Waals surface area contributed by atoms with Crippen LogP contribution in [0.15, 0.2) is 18.2 Å². The van der Waals surface area contributed by atoms with E-state index in [9.17, 15) is 0 Å². The number of fused-ring (bicyclic) bond motifs is 1. The van der Waals surface area contributed by atoms with E-state index in [1.807, 2.05) is 0 Å². The van der Waals surface area contributed by atoms with E-state index >= 15 is 0 Å². The molecule has 0 fully saturated rings. The molecule has 0 aliphatic carbocycles. The standard InChI is InChI=1S/C10H13N/c1-2-8-4-3-5-9-6-7-11-10(8)9/h3-5,11H,2,6-7H2,1H3. The molecule has 0 atom stereocenters. The summed E-state index contributed by atoms with van der Waals surface area (Å²) >= 11 is 0. The van der Waals surface area contributed by atoms with Crippen molar-refractivity contribution < 1.29 is 0 Å². The maximum atomic E-state index is 3.42. The molecule has 0 spiro atoms. The first-order valence-corrected chi connectivity index (χ1v) is 4.26. The van der Waals surface area contributed by atoms with Gasteiger partial charge in [0, 0.05) is 12.2 Å². The predicted octanol–water partition coefficient (Wildman–Crippen LogP) is 2.22. The number of anilines is 1. The number of aryl methyl sites for hydroxylation is 1. The van der Waals surface area contributed by atoms with Crippen LogP contribution in [0.5, 0.6) is 0 Å². The van der Waals surface area contributed by atoms with Crippen molar-refractivity contribution in [1.82, 2.24) is 0 Å². The van der Waals surface area contributed by atoms with Gasteiger partial charge in [-0.15, -0.1) is 0 Å². The number of para-hydroxylation sites is 1. The highest BCUT2D eigenvalue weighted by Crippen LogP contribution is 2.26. The van der Waals surface area contributed by atoms with Crippen molar-refractivity contribution in [3.63, 3.8) is 0 Å². The lowest BCUT2D eigenvalue weighted by Gasteiger charge is -2.04. The molecule has 1 aromatic rings. The Morgan fingerprint density at radius 3 is 3.18 bits per heavy atom. The minimum absolute atomic E-state index is 1.12. The first-order chi connectivity index (χ1) is 5.42. The van der Waals surface area contributed by atoms with Gasteiger partial charge in [0.05, 0.1) is 0 Å². The summed E-state index contributed by atoms with van der Waals surface area (Å²) in [7, 11) is 0. The predicted molar refractivity (Wildman–Crippen MR) is 48.0 cm³/mol. The van der Waals surface area contributed by atoms with Gasteiger partial charge < -0.3 is 5.32 Å². The molecule has 1 N–H and O–H groups in total. The van der Waals surface area contributed by atoms with Crippen molar-refractivity contribution >= 4 is 5.69 Å². The second-order valence-electron chi connectivity index (χ2n) is 2.98. The van der Waals surface area contributed by atoms with Gasteiger partial charge in [-0.1, -0.05) is 25.1 Å². The third kappa shape index (κ3) is 1.01. The fraction of sp³-hybridized carbons (Fsp3) is 0.400. The normalized spacial score (nSPS) is 14.3. The number of hydrogen-bond donors (Lipinski definition) is 1. The van der Waals surface area contributed by atoms with Gasteiger partial charge in [0.25, 0.3) is 0 Å². The van der Waals surface area contributed by atoms with Crippen LogP contribution in [0.2, 0.25) is 0 Å². The maximum Gasteiger partial charge on any atom is 0.0405 e. The van der Waals surface area contributed by atoms with Crippen LogP contribution in [0.25, 0.3) is 0 Å². The van der Waals surface area contributed by atoms with Crippen molar-refractivity contribution in [2.24, 2.45) is 0 Å². The van der Waals surface area contributed by atoms with E-state index in [0.29, 0.717) is 0 Å². The highest BCUT2D eigenvalue weighted by atomic mass is 14.9. The summed E-state index contributed by atoms with van der Waals surface area (Å²) in [6, 6.07) is 6.58. The Morgan fingerprint density at radius 1 is 1.45 bits per heavy atom. The molecule has 1 heterocycles. The largest absolute Gasteiger partial charge is 0.384 e. The third-order valence-electron chi connectivity index (χ3n) is 2.31. The molecule has 11 heavy (non-hydrogen) atoms. The molecule has 0 unspecified atom stereocenters. The van der Waals surface area contributed by atoms with Crippen LogP contribution in [-0.2, 0) is 12.8 Å². The summed E-state index contributed by atoms with van der Waals surface area (Å²) in [5, 5.41) is 3.42. The molecule has 0 amide bonds. The zero-order valence-corrected chi connectivity index (χ0v) is 6.85. The van der Waals surface area contributed by atoms with Crippen LogP contribution in [0.1, 0.15) is 18.1 Å². The number of nitrogens with one attached hydrogen (secondary N) is 1. The van der Waals surface area contributed by atoms with Crippen LogP contribution in [-0.4, -0.2) is 6.54 Å². The molecule has 0 saturated carbocycles. The van der Waals surface area contributed by atoms with Crippen molar-refractivity contribution in [1.29, 1.82) is 0 Å². The molecule has 0 aromatic heterocycles. The molecule has 0 radical (unpaired) electrons. The van der Waals surface area contributed by atoms with E-state index in [4.69, 9.17) is 0 Å². The van der Waals surface area contributed by atoms with E-state index in [1.54, 1.807) is 0 Å². The van der Waals surface area contributed by atoms with E-state index in [-0.39, 0.29) is 0 Å². The smallest absolute Gasteiger partial charge is 0.0405 e. The fourth-order valence-corrected chi connectivity index (χ4v) is 1.71. The quantitative estimate of drug-likeness (QED) is 0.642. The van der Waals surface area contributed by atoms with Crippen LogP contribution in [0.3, 0.4) is 0 Å². The fourth-order valence-electron chi connectivity index (χ4n) is 1.71. The summed E-state index contributed by atoms with van der Waals surface area (Å²) in [4.78, 5) is 0. The van der Waals surface area contributed by atoms with E-state index < -0.39 is 0 Å². The van der Waals surface area contributed by atoms with Gasteiger partial charge in [0.2, 0.25) is 0 Å². The summed E-state index contributed by atoms with van der Waals surface area (Å²) in [5.74, 6) is 0. The Labute approximate surface area is 67.4 Å². The molecule has 58 valence electrons. The zero-order valence-electron chi connectivity index (χ0n) is 6.85. The molecule has 1 heteroatoms. The lowest BCUT2D eigenvalue weighted by molar-refractivity contribution is 1.11. The Hall–Kier alpha value is -0.980. The topological polar surface area (TPSA) is 12.0 Å². The molecule has 1 aliphatic heterocycles. The van der Waals surface area contributed by atoms with Crippen molar-refractivity contribution in [2.75, 3.05) is 11.9 Å². The molecule has 1 aliphatic rings. The Balaban J connectivity index is 2.50. The minimum atomic E-state index is 1.12. The van der Waals surface area contributed by atoms with Crippen molar-refractivity contribution in [3.05, 3.63) is 29.3 Å². The molecular weight excluding hydrogens is 134 g/mol. The summed E-state index contributed by atoms with van der Waals surface area (Å²) < 4.78 is 0. The van der Waals surface area contributed by atoms with Crippen molar-refractivity contribution in [3.8, 4) is 0 Å². The van der Waals surface area contributed by atoms with Crippen LogP contribution >= 0.6 is 0 Å².